The maximum absolute atomic E-state index is 4.47. The van der Waals surface area contributed by atoms with E-state index in [1.54, 1.807) is 11.8 Å². The zero-order chi connectivity index (χ0) is 14.9. The predicted octanol–water partition coefficient (Wildman–Crippen LogP) is 4.94. The van der Waals surface area contributed by atoms with Crippen LogP contribution in [0.1, 0.15) is 25.8 Å². The van der Waals surface area contributed by atoms with Gasteiger partial charge in [0.15, 0.2) is 5.16 Å². The van der Waals surface area contributed by atoms with E-state index in [1.165, 1.54) is 11.1 Å². The summed E-state index contributed by atoms with van der Waals surface area (Å²) in [7, 11) is 0. The summed E-state index contributed by atoms with van der Waals surface area (Å²) >= 11 is 1.79. The lowest BCUT2D eigenvalue weighted by Gasteiger charge is -2.08. The van der Waals surface area contributed by atoms with Crippen LogP contribution in [0.4, 0.5) is 0 Å². The minimum absolute atomic E-state index is 0.874. The molecule has 1 aromatic carbocycles. The minimum atomic E-state index is 0.874. The zero-order valence-electron chi connectivity index (χ0n) is 12.7. The van der Waals surface area contributed by atoms with E-state index in [1.807, 2.05) is 18.5 Å². The maximum Gasteiger partial charge on any atom is 0.168 e. The van der Waals surface area contributed by atoms with Crippen LogP contribution in [0.2, 0.25) is 0 Å². The van der Waals surface area contributed by atoms with Gasteiger partial charge < -0.3 is 4.57 Å². The van der Waals surface area contributed by atoms with Crippen LogP contribution in [0.5, 0.6) is 0 Å². The summed E-state index contributed by atoms with van der Waals surface area (Å²) in [5, 5.41) is 1.07. The highest BCUT2D eigenvalue weighted by Crippen LogP contribution is 2.20. The summed E-state index contributed by atoms with van der Waals surface area (Å²) < 4.78 is 2.21. The Morgan fingerprint density at radius 2 is 2.10 bits per heavy atom. The molecule has 0 spiro atoms. The molecule has 0 radical (unpaired) electrons. The van der Waals surface area contributed by atoms with Gasteiger partial charge >= 0.3 is 0 Å². The molecule has 1 aromatic heterocycles. The van der Waals surface area contributed by atoms with Crippen LogP contribution in [0.25, 0.3) is 0 Å². The molecule has 0 amide bonds. The number of nitrogens with zero attached hydrogens (tertiary/aromatic N) is 2. The van der Waals surface area contributed by atoms with Crippen molar-refractivity contribution in [2.24, 2.45) is 0 Å². The second-order valence-electron chi connectivity index (χ2n) is 4.79. The number of hydrogen-bond acceptors (Lipinski definition) is 2. The largest absolute Gasteiger partial charge is 0.322 e. The van der Waals surface area contributed by atoms with Gasteiger partial charge in [0.1, 0.15) is 0 Å². The molecular weight excluding hydrogens is 276 g/mol. The summed E-state index contributed by atoms with van der Waals surface area (Å²) in [6, 6.07) is 10.5. The maximum atomic E-state index is 4.47. The first-order valence-electron chi connectivity index (χ1n) is 7.33. The highest BCUT2D eigenvalue weighted by Gasteiger charge is 2.05. The lowest BCUT2D eigenvalue weighted by molar-refractivity contribution is 0.709. The van der Waals surface area contributed by atoms with Crippen LogP contribution in [-0.2, 0) is 6.54 Å². The van der Waals surface area contributed by atoms with Crippen molar-refractivity contribution in [3.63, 3.8) is 0 Å². The van der Waals surface area contributed by atoms with Crippen molar-refractivity contribution in [2.45, 2.75) is 32.0 Å². The SMILES string of the molecule is CC=C(C=CCC)CSc1nccn1Cc1ccccc1. The Morgan fingerprint density at radius 3 is 2.81 bits per heavy atom. The molecule has 2 aromatic rings. The van der Waals surface area contributed by atoms with E-state index in [0.717, 1.165) is 23.9 Å². The molecule has 0 unspecified atom stereocenters. The molecule has 2 nitrogen and oxygen atoms in total. The Labute approximate surface area is 131 Å². The van der Waals surface area contributed by atoms with Gasteiger partial charge in [-0.3, -0.25) is 0 Å². The fourth-order valence-corrected chi connectivity index (χ4v) is 2.97. The van der Waals surface area contributed by atoms with E-state index in [-0.39, 0.29) is 0 Å². The van der Waals surface area contributed by atoms with Crippen molar-refractivity contribution in [2.75, 3.05) is 5.75 Å². The molecule has 21 heavy (non-hydrogen) atoms. The molecule has 0 aliphatic heterocycles. The van der Waals surface area contributed by atoms with E-state index in [0.29, 0.717) is 0 Å². The fraction of sp³-hybridized carbons (Fsp3) is 0.278. The zero-order valence-corrected chi connectivity index (χ0v) is 13.5. The topological polar surface area (TPSA) is 17.8 Å². The van der Waals surface area contributed by atoms with E-state index >= 15 is 0 Å². The molecule has 110 valence electrons. The van der Waals surface area contributed by atoms with Crippen LogP contribution in [0.3, 0.4) is 0 Å². The lowest BCUT2D eigenvalue weighted by atomic mass is 10.2. The Balaban J connectivity index is 1.99. The number of rotatable bonds is 7. The molecule has 0 fully saturated rings. The third-order valence-electron chi connectivity index (χ3n) is 3.18. The summed E-state index contributed by atoms with van der Waals surface area (Å²) in [6.07, 6.45) is 11.6. The molecule has 0 saturated heterocycles. The van der Waals surface area contributed by atoms with Crippen LogP contribution in [0, 0.1) is 0 Å². The molecule has 3 heteroatoms. The number of allylic oxidation sites excluding steroid dienone is 3. The highest BCUT2D eigenvalue weighted by molar-refractivity contribution is 7.99. The van der Waals surface area contributed by atoms with Gasteiger partial charge in [-0.25, -0.2) is 4.98 Å². The van der Waals surface area contributed by atoms with Gasteiger partial charge in [-0.2, -0.15) is 0 Å². The molecule has 0 atom stereocenters. The molecular formula is C18H22N2S. The standard InChI is InChI=1S/C18H22N2S/c1-3-5-9-16(4-2)15-21-18-19-12-13-20(18)14-17-10-7-6-8-11-17/h4-13H,3,14-15H2,1-2H3. The fourth-order valence-electron chi connectivity index (χ4n) is 1.98. The molecule has 0 bridgehead atoms. The predicted molar refractivity (Wildman–Crippen MR) is 91.7 cm³/mol. The second-order valence-corrected chi connectivity index (χ2v) is 5.73. The van der Waals surface area contributed by atoms with E-state index in [9.17, 15) is 0 Å². The van der Waals surface area contributed by atoms with Gasteiger partial charge in [-0.1, -0.05) is 67.2 Å². The van der Waals surface area contributed by atoms with Crippen molar-refractivity contribution in [3.8, 4) is 0 Å². The van der Waals surface area contributed by atoms with E-state index < -0.39 is 0 Å². The van der Waals surface area contributed by atoms with Crippen LogP contribution >= 0.6 is 11.8 Å². The minimum Gasteiger partial charge on any atom is -0.322 e. The first-order valence-corrected chi connectivity index (χ1v) is 8.31. The van der Waals surface area contributed by atoms with Crippen LogP contribution < -0.4 is 0 Å². The van der Waals surface area contributed by atoms with E-state index in [4.69, 9.17) is 0 Å². The molecule has 0 saturated carbocycles. The average molecular weight is 298 g/mol. The van der Waals surface area contributed by atoms with Gasteiger partial charge in [0, 0.05) is 24.7 Å². The molecule has 1 heterocycles. The normalized spacial score (nSPS) is 12.2. The molecule has 2 rings (SSSR count). The Bertz CT molecular complexity index is 597. The van der Waals surface area contributed by atoms with Gasteiger partial charge in [-0.15, -0.1) is 0 Å². The van der Waals surface area contributed by atoms with Gasteiger partial charge in [0.25, 0.3) is 0 Å². The lowest BCUT2D eigenvalue weighted by Crippen LogP contribution is -2.00. The van der Waals surface area contributed by atoms with Gasteiger partial charge in [0.05, 0.1) is 0 Å². The molecule has 0 N–H and O–H groups in total. The third kappa shape index (κ3) is 4.94. The Hall–Kier alpha value is -1.74. The van der Waals surface area contributed by atoms with Crippen LogP contribution in [0.15, 0.2) is 71.7 Å². The summed E-state index contributed by atoms with van der Waals surface area (Å²) in [4.78, 5) is 4.47. The first kappa shape index (κ1) is 15.6. The first-order chi connectivity index (χ1) is 10.3. The summed E-state index contributed by atoms with van der Waals surface area (Å²) in [5.41, 5.74) is 2.64. The van der Waals surface area contributed by atoms with Gasteiger partial charge in [0.2, 0.25) is 0 Å². The highest BCUT2D eigenvalue weighted by atomic mass is 32.2. The third-order valence-corrected chi connectivity index (χ3v) is 4.26. The van der Waals surface area contributed by atoms with Crippen molar-refractivity contribution in [1.82, 2.24) is 9.55 Å². The van der Waals surface area contributed by atoms with Crippen molar-refractivity contribution in [1.29, 1.82) is 0 Å². The number of imidazole rings is 1. The Morgan fingerprint density at radius 1 is 1.29 bits per heavy atom. The number of thioether (sulfide) groups is 1. The monoisotopic (exact) mass is 298 g/mol. The van der Waals surface area contributed by atoms with E-state index in [2.05, 4.69) is 65.9 Å². The smallest absolute Gasteiger partial charge is 0.168 e. The summed E-state index contributed by atoms with van der Waals surface area (Å²) in [6.45, 7) is 5.12. The number of aromatic nitrogens is 2. The van der Waals surface area contributed by atoms with Gasteiger partial charge in [-0.05, 0) is 24.5 Å². The second kappa shape index (κ2) is 8.53. The summed E-state index contributed by atoms with van der Waals surface area (Å²) in [5.74, 6) is 0.957. The molecule has 0 aliphatic rings. The van der Waals surface area contributed by atoms with Crippen molar-refractivity contribution >= 4 is 11.8 Å². The molecule has 0 aliphatic carbocycles. The number of hydrogen-bond donors (Lipinski definition) is 0. The van der Waals surface area contributed by atoms with Crippen molar-refractivity contribution < 1.29 is 0 Å². The quantitative estimate of drug-likeness (QED) is 0.532. The van der Waals surface area contributed by atoms with Crippen molar-refractivity contribution in [3.05, 3.63) is 72.1 Å². The van der Waals surface area contributed by atoms with Crippen LogP contribution in [-0.4, -0.2) is 15.3 Å². The Kier molecular flexibility index (Phi) is 6.35. The number of benzene rings is 1. The average Bonchev–Trinajstić information content (AvgIpc) is 2.96.